The number of thiocarbonyl (C=S) groups is 1. The van der Waals surface area contributed by atoms with Gasteiger partial charge in [0.05, 0.1) is 13.7 Å². The molecule has 2 N–H and O–H groups in total. The third-order valence-corrected chi connectivity index (χ3v) is 3.26. The average molecular weight is 316 g/mol. The Morgan fingerprint density at radius 2 is 1.86 bits per heavy atom. The van der Waals surface area contributed by atoms with Crippen LogP contribution in [0.1, 0.15) is 12.5 Å². The third-order valence-electron chi connectivity index (χ3n) is 3.02. The number of nitrogens with one attached hydrogen (secondary N) is 2. The third kappa shape index (κ3) is 4.63. The van der Waals surface area contributed by atoms with Crippen molar-refractivity contribution in [2.45, 2.75) is 13.5 Å². The molecule has 2 aromatic carbocycles. The van der Waals surface area contributed by atoms with Crippen LogP contribution in [0.25, 0.3) is 0 Å². The van der Waals surface area contributed by atoms with Crippen molar-refractivity contribution in [1.29, 1.82) is 0 Å². The highest BCUT2D eigenvalue weighted by Crippen LogP contribution is 2.30. The van der Waals surface area contributed by atoms with Gasteiger partial charge >= 0.3 is 0 Å². The Kier molecular flexibility index (Phi) is 6.03. The highest BCUT2D eigenvalue weighted by molar-refractivity contribution is 7.80. The van der Waals surface area contributed by atoms with Gasteiger partial charge in [-0.2, -0.15) is 0 Å². The molecule has 0 bridgehead atoms. The number of hydrogen-bond acceptors (Lipinski definition) is 3. The fraction of sp³-hybridized carbons (Fsp3) is 0.235. The van der Waals surface area contributed by atoms with Gasteiger partial charge in [-0.3, -0.25) is 0 Å². The zero-order valence-electron chi connectivity index (χ0n) is 12.8. The highest BCUT2D eigenvalue weighted by atomic mass is 32.1. The van der Waals surface area contributed by atoms with Crippen molar-refractivity contribution in [1.82, 2.24) is 5.32 Å². The minimum Gasteiger partial charge on any atom is -0.493 e. The van der Waals surface area contributed by atoms with Crippen LogP contribution in [-0.2, 0) is 6.54 Å². The zero-order chi connectivity index (χ0) is 15.8. The van der Waals surface area contributed by atoms with E-state index in [0.717, 1.165) is 11.4 Å². The van der Waals surface area contributed by atoms with Gasteiger partial charge in [0.2, 0.25) is 0 Å². The van der Waals surface area contributed by atoms with Gasteiger partial charge in [-0.1, -0.05) is 30.3 Å². The van der Waals surface area contributed by atoms with Crippen molar-refractivity contribution in [3.05, 3.63) is 54.1 Å². The van der Waals surface area contributed by atoms with Gasteiger partial charge in [-0.25, -0.2) is 0 Å². The highest BCUT2D eigenvalue weighted by Gasteiger charge is 2.06. The molecule has 0 saturated carbocycles. The van der Waals surface area contributed by atoms with E-state index in [4.69, 9.17) is 21.7 Å². The van der Waals surface area contributed by atoms with Gasteiger partial charge < -0.3 is 20.1 Å². The SMILES string of the molecule is CCOc1ccc(NC(=S)NCc2ccccc2)cc1OC. The summed E-state index contributed by atoms with van der Waals surface area (Å²) in [5.74, 6) is 1.40. The Hall–Kier alpha value is -2.27. The lowest BCUT2D eigenvalue weighted by atomic mass is 10.2. The van der Waals surface area contributed by atoms with Crippen molar-refractivity contribution < 1.29 is 9.47 Å². The van der Waals surface area contributed by atoms with Crippen LogP contribution in [0.4, 0.5) is 5.69 Å². The molecule has 0 aliphatic heterocycles. The first-order chi connectivity index (χ1) is 10.7. The molecule has 0 radical (unpaired) electrons. The number of anilines is 1. The zero-order valence-corrected chi connectivity index (χ0v) is 13.6. The smallest absolute Gasteiger partial charge is 0.171 e. The lowest BCUT2D eigenvalue weighted by molar-refractivity contribution is 0.311. The van der Waals surface area contributed by atoms with Crippen LogP contribution in [0.3, 0.4) is 0 Å². The van der Waals surface area contributed by atoms with Crippen molar-refractivity contribution in [2.75, 3.05) is 19.0 Å². The lowest BCUT2D eigenvalue weighted by Crippen LogP contribution is -2.27. The molecule has 0 heterocycles. The molecule has 22 heavy (non-hydrogen) atoms. The van der Waals surface area contributed by atoms with Crippen LogP contribution in [-0.4, -0.2) is 18.8 Å². The maximum absolute atomic E-state index is 5.49. The van der Waals surface area contributed by atoms with Crippen LogP contribution in [0.2, 0.25) is 0 Å². The minimum atomic E-state index is 0.565. The van der Waals surface area contributed by atoms with Gasteiger partial charge in [-0.05, 0) is 36.8 Å². The molecular weight excluding hydrogens is 296 g/mol. The summed E-state index contributed by atoms with van der Waals surface area (Å²) in [6, 6.07) is 15.7. The molecule has 0 fully saturated rings. The molecule has 0 aliphatic rings. The summed E-state index contributed by atoms with van der Waals surface area (Å²) in [6.07, 6.45) is 0. The van der Waals surface area contributed by atoms with Gasteiger partial charge in [0, 0.05) is 18.3 Å². The second kappa shape index (κ2) is 8.24. The minimum absolute atomic E-state index is 0.565. The molecule has 4 nitrogen and oxygen atoms in total. The van der Waals surface area contributed by atoms with E-state index < -0.39 is 0 Å². The van der Waals surface area contributed by atoms with Gasteiger partial charge in [0.15, 0.2) is 16.6 Å². The Morgan fingerprint density at radius 3 is 2.55 bits per heavy atom. The van der Waals surface area contributed by atoms with Crippen LogP contribution < -0.4 is 20.1 Å². The van der Waals surface area contributed by atoms with E-state index in [1.165, 1.54) is 5.56 Å². The Labute approximate surface area is 136 Å². The number of ether oxygens (including phenoxy) is 2. The Bertz CT molecular complexity index is 617. The Balaban J connectivity index is 1.93. The summed E-state index contributed by atoms with van der Waals surface area (Å²) in [5, 5.41) is 6.88. The summed E-state index contributed by atoms with van der Waals surface area (Å²) in [5.41, 5.74) is 2.03. The number of hydrogen-bond donors (Lipinski definition) is 2. The van der Waals surface area contributed by atoms with Crippen LogP contribution in [0.15, 0.2) is 48.5 Å². The van der Waals surface area contributed by atoms with E-state index >= 15 is 0 Å². The summed E-state index contributed by atoms with van der Waals surface area (Å²) in [7, 11) is 1.62. The van der Waals surface area contributed by atoms with Crippen LogP contribution in [0.5, 0.6) is 11.5 Å². The van der Waals surface area contributed by atoms with E-state index in [0.29, 0.717) is 24.0 Å². The van der Waals surface area contributed by atoms with Crippen LogP contribution >= 0.6 is 12.2 Å². The maximum Gasteiger partial charge on any atom is 0.171 e. The fourth-order valence-electron chi connectivity index (χ4n) is 1.97. The Morgan fingerprint density at radius 1 is 1.09 bits per heavy atom. The van der Waals surface area contributed by atoms with E-state index in [1.807, 2.05) is 43.3 Å². The van der Waals surface area contributed by atoms with E-state index in [-0.39, 0.29) is 0 Å². The number of rotatable bonds is 6. The summed E-state index contributed by atoms with van der Waals surface area (Å²) >= 11 is 5.30. The number of methoxy groups -OCH3 is 1. The summed E-state index contributed by atoms with van der Waals surface area (Å²) in [4.78, 5) is 0. The molecule has 0 aromatic heterocycles. The van der Waals surface area contributed by atoms with Gasteiger partial charge in [0.25, 0.3) is 0 Å². The fourth-order valence-corrected chi connectivity index (χ4v) is 2.16. The summed E-state index contributed by atoms with van der Waals surface area (Å²) < 4.78 is 10.8. The molecule has 0 aliphatic carbocycles. The standard InChI is InChI=1S/C17H20N2O2S/c1-3-21-15-10-9-14(11-16(15)20-2)19-17(22)18-12-13-7-5-4-6-8-13/h4-11H,3,12H2,1-2H3,(H2,18,19,22). The molecule has 5 heteroatoms. The first kappa shape index (κ1) is 16.1. The summed E-state index contributed by atoms with van der Waals surface area (Å²) in [6.45, 7) is 3.22. The predicted octanol–water partition coefficient (Wildman–Crippen LogP) is 3.58. The maximum atomic E-state index is 5.49. The van der Waals surface area contributed by atoms with E-state index in [1.54, 1.807) is 7.11 Å². The van der Waals surface area contributed by atoms with Crippen molar-refractivity contribution in [2.24, 2.45) is 0 Å². The second-order valence-electron chi connectivity index (χ2n) is 4.59. The van der Waals surface area contributed by atoms with Crippen molar-refractivity contribution in [3.8, 4) is 11.5 Å². The van der Waals surface area contributed by atoms with Crippen LogP contribution in [0, 0.1) is 0 Å². The largest absolute Gasteiger partial charge is 0.493 e. The van der Waals surface area contributed by atoms with Crippen molar-refractivity contribution >= 4 is 23.0 Å². The van der Waals surface area contributed by atoms with Gasteiger partial charge in [0.1, 0.15) is 0 Å². The first-order valence-corrected chi connectivity index (χ1v) is 7.53. The molecule has 0 atom stereocenters. The molecule has 0 amide bonds. The van der Waals surface area contributed by atoms with Crippen molar-refractivity contribution in [3.63, 3.8) is 0 Å². The molecule has 2 aromatic rings. The monoisotopic (exact) mass is 316 g/mol. The van der Waals surface area contributed by atoms with Gasteiger partial charge in [-0.15, -0.1) is 0 Å². The normalized spacial score (nSPS) is 9.91. The quantitative estimate of drug-likeness (QED) is 0.797. The molecule has 0 saturated heterocycles. The molecule has 0 unspecified atom stereocenters. The molecule has 116 valence electrons. The molecular formula is C17H20N2O2S. The lowest BCUT2D eigenvalue weighted by Gasteiger charge is -2.13. The van der Waals surface area contributed by atoms with E-state index in [2.05, 4.69) is 22.8 Å². The average Bonchev–Trinajstić information content (AvgIpc) is 2.55. The predicted molar refractivity (Wildman–Crippen MR) is 93.7 cm³/mol. The van der Waals surface area contributed by atoms with E-state index in [9.17, 15) is 0 Å². The molecule has 2 rings (SSSR count). The molecule has 0 spiro atoms. The number of benzene rings is 2. The topological polar surface area (TPSA) is 42.5 Å². The first-order valence-electron chi connectivity index (χ1n) is 7.12. The second-order valence-corrected chi connectivity index (χ2v) is 5.00.